The van der Waals surface area contributed by atoms with Crippen molar-refractivity contribution in [2.45, 2.75) is 47.1 Å². The summed E-state index contributed by atoms with van der Waals surface area (Å²) in [4.78, 5) is 28.6. The molecule has 0 saturated carbocycles. The summed E-state index contributed by atoms with van der Waals surface area (Å²) in [5, 5.41) is 9.11. The van der Waals surface area contributed by atoms with E-state index < -0.39 is 5.97 Å². The van der Waals surface area contributed by atoms with Crippen LogP contribution in [0.1, 0.15) is 63.5 Å². The fraction of sp³-hybridized carbons (Fsp3) is 0.276. The zero-order chi connectivity index (χ0) is 26.2. The Kier molecular flexibility index (Phi) is 9.31. The van der Waals surface area contributed by atoms with Crippen molar-refractivity contribution in [3.8, 4) is 0 Å². The zero-order valence-corrected chi connectivity index (χ0v) is 22.1. The number of benzene rings is 3. The lowest BCUT2D eigenvalue weighted by atomic mass is 10.1. The fourth-order valence-corrected chi connectivity index (χ4v) is 4.03. The van der Waals surface area contributed by atoms with Gasteiger partial charge in [-0.25, -0.2) is 9.78 Å². The largest absolute Gasteiger partial charge is 0.478 e. The van der Waals surface area contributed by atoms with Crippen LogP contribution in [-0.2, 0) is 13.0 Å². The molecule has 1 aromatic heterocycles. The van der Waals surface area contributed by atoms with E-state index in [2.05, 4.69) is 43.4 Å². The summed E-state index contributed by atoms with van der Waals surface area (Å²) in [6.07, 6.45) is 1.77. The first-order valence-electron chi connectivity index (χ1n) is 12.1. The highest BCUT2D eigenvalue weighted by Gasteiger charge is 2.18. The van der Waals surface area contributed by atoms with Crippen LogP contribution in [0.2, 0.25) is 0 Å². The number of aromatic nitrogens is 2. The molecule has 1 amide bonds. The number of carbonyl (C=O) groups excluding carboxylic acids is 1. The molecule has 4 rings (SSSR count). The normalized spacial score (nSPS) is 10.6. The van der Waals surface area contributed by atoms with Gasteiger partial charge in [0.2, 0.25) is 0 Å². The first-order chi connectivity index (χ1) is 17.2. The van der Waals surface area contributed by atoms with Crippen LogP contribution >= 0.6 is 12.8 Å². The molecule has 0 atom stereocenters. The van der Waals surface area contributed by atoms with Crippen LogP contribution in [0.15, 0.2) is 66.7 Å². The summed E-state index contributed by atoms with van der Waals surface area (Å²) in [7, 11) is 0. The Labute approximate surface area is 218 Å². The number of carboxylic acid groups (broad SMARTS) is 1. The lowest BCUT2D eigenvalue weighted by Crippen LogP contribution is -2.21. The van der Waals surface area contributed by atoms with Gasteiger partial charge in [0.05, 0.1) is 16.6 Å². The molecular formula is C29H33N3O3S. The van der Waals surface area contributed by atoms with E-state index in [0.717, 1.165) is 40.8 Å². The summed E-state index contributed by atoms with van der Waals surface area (Å²) in [5.74, 6) is -0.130. The molecule has 6 nitrogen and oxygen atoms in total. The number of amides is 1. The first kappa shape index (κ1) is 27.0. The molecule has 188 valence electrons. The molecule has 0 radical (unpaired) electrons. The summed E-state index contributed by atoms with van der Waals surface area (Å²) < 4.78 is 3.51. The van der Waals surface area contributed by atoms with E-state index in [1.54, 1.807) is 12.1 Å². The van der Waals surface area contributed by atoms with Gasteiger partial charge in [-0.3, -0.25) is 9.10 Å². The number of hydrogen-bond acceptors (Lipinski definition) is 4. The van der Waals surface area contributed by atoms with E-state index in [0.29, 0.717) is 18.7 Å². The maximum atomic E-state index is 12.6. The molecule has 3 aromatic carbocycles. The molecule has 0 bridgehead atoms. The van der Waals surface area contributed by atoms with E-state index >= 15 is 0 Å². The Morgan fingerprint density at radius 2 is 1.64 bits per heavy atom. The van der Waals surface area contributed by atoms with Crippen LogP contribution in [-0.4, -0.2) is 37.4 Å². The maximum Gasteiger partial charge on any atom is 0.335 e. The molecule has 0 aliphatic heterocycles. The molecule has 0 aliphatic carbocycles. The lowest BCUT2D eigenvalue weighted by molar-refractivity contribution is 0.0696. The van der Waals surface area contributed by atoms with Crippen molar-refractivity contribution >= 4 is 35.7 Å². The second-order valence-electron chi connectivity index (χ2n) is 8.70. The average molecular weight is 504 g/mol. The third-order valence-electron chi connectivity index (χ3n) is 5.86. The molecule has 4 aromatic rings. The molecule has 0 fully saturated rings. The first-order valence-corrected chi connectivity index (χ1v) is 12.5. The highest BCUT2D eigenvalue weighted by molar-refractivity contribution is 7.78. The summed E-state index contributed by atoms with van der Waals surface area (Å²) in [6, 6.07) is 20.9. The topological polar surface area (TPSA) is 75.4 Å². The Hall–Kier alpha value is -3.58. The van der Waals surface area contributed by atoms with Crippen molar-refractivity contribution in [3.05, 3.63) is 100 Å². The number of carboxylic acids is 1. The van der Waals surface area contributed by atoms with Gasteiger partial charge >= 0.3 is 5.97 Å². The molecule has 0 unspecified atom stereocenters. The molecule has 1 N–H and O–H groups in total. The summed E-state index contributed by atoms with van der Waals surface area (Å²) >= 11 is 4.25. The van der Waals surface area contributed by atoms with Gasteiger partial charge in [-0.1, -0.05) is 67.8 Å². The number of aryl methyl sites for hydroxylation is 3. The monoisotopic (exact) mass is 503 g/mol. The van der Waals surface area contributed by atoms with Crippen molar-refractivity contribution in [1.82, 2.24) is 13.9 Å². The minimum Gasteiger partial charge on any atom is -0.478 e. The lowest BCUT2D eigenvalue weighted by Gasteiger charge is -2.14. The van der Waals surface area contributed by atoms with Crippen LogP contribution in [0.5, 0.6) is 0 Å². The second kappa shape index (κ2) is 12.4. The quantitative estimate of drug-likeness (QED) is 0.288. The number of hydrogen-bond donors (Lipinski definition) is 2. The third-order valence-corrected chi connectivity index (χ3v) is 6.32. The third kappa shape index (κ3) is 6.55. The number of carbonyl (C=O) groups is 2. The van der Waals surface area contributed by atoms with Gasteiger partial charge in [-0.15, -0.1) is 0 Å². The minimum atomic E-state index is -0.942. The number of thiol groups is 1. The van der Waals surface area contributed by atoms with E-state index in [9.17, 15) is 9.59 Å². The van der Waals surface area contributed by atoms with E-state index in [1.165, 1.54) is 9.87 Å². The van der Waals surface area contributed by atoms with Crippen LogP contribution in [0, 0.1) is 13.8 Å². The maximum absolute atomic E-state index is 12.6. The summed E-state index contributed by atoms with van der Waals surface area (Å²) in [5.41, 5.74) is 5.87. The van der Waals surface area contributed by atoms with E-state index in [4.69, 9.17) is 10.1 Å². The predicted molar refractivity (Wildman–Crippen MR) is 148 cm³/mol. The van der Waals surface area contributed by atoms with Crippen molar-refractivity contribution in [2.24, 2.45) is 0 Å². The SMILES string of the molecule is CCCc1nc2c(C)cc(C(=O)N(S)CC)cc2n1Cc1ccc(C(=O)O)cc1.Cc1ccccc1. The smallest absolute Gasteiger partial charge is 0.335 e. The van der Waals surface area contributed by atoms with Crippen molar-refractivity contribution in [2.75, 3.05) is 6.54 Å². The molecule has 0 saturated heterocycles. The molecule has 7 heteroatoms. The van der Waals surface area contributed by atoms with Gasteiger partial charge < -0.3 is 9.67 Å². The predicted octanol–water partition coefficient (Wildman–Crippen LogP) is 6.35. The Morgan fingerprint density at radius 3 is 2.17 bits per heavy atom. The van der Waals surface area contributed by atoms with Gasteiger partial charge in [0.25, 0.3) is 5.91 Å². The Bertz CT molecular complexity index is 1330. The zero-order valence-electron chi connectivity index (χ0n) is 21.2. The number of fused-ring (bicyclic) bond motifs is 1. The fourth-order valence-electron chi connectivity index (χ4n) is 3.92. The van der Waals surface area contributed by atoms with Crippen LogP contribution in [0.25, 0.3) is 11.0 Å². The van der Waals surface area contributed by atoms with Gasteiger partial charge in [0.15, 0.2) is 0 Å². The molecule has 0 aliphatic rings. The number of nitrogens with zero attached hydrogens (tertiary/aromatic N) is 3. The minimum absolute atomic E-state index is 0.142. The van der Waals surface area contributed by atoms with Crippen molar-refractivity contribution < 1.29 is 14.7 Å². The van der Waals surface area contributed by atoms with Gasteiger partial charge in [0.1, 0.15) is 5.82 Å². The van der Waals surface area contributed by atoms with Crippen LogP contribution in [0.3, 0.4) is 0 Å². The van der Waals surface area contributed by atoms with E-state index in [-0.39, 0.29) is 11.5 Å². The summed E-state index contributed by atoms with van der Waals surface area (Å²) in [6.45, 7) is 9.09. The Balaban J connectivity index is 0.000000444. The highest BCUT2D eigenvalue weighted by Crippen LogP contribution is 2.25. The highest BCUT2D eigenvalue weighted by atomic mass is 32.1. The second-order valence-corrected chi connectivity index (χ2v) is 9.19. The van der Waals surface area contributed by atoms with Crippen LogP contribution < -0.4 is 0 Å². The molecule has 0 spiro atoms. The van der Waals surface area contributed by atoms with Gasteiger partial charge in [-0.05, 0) is 62.6 Å². The number of aromatic carboxylic acids is 1. The Morgan fingerprint density at radius 1 is 0.972 bits per heavy atom. The standard InChI is InChI=1S/C22H25N3O3S.C7H8/c1-4-6-19-23-20-14(3)11-17(21(26)25(29)5-2)12-18(20)24(19)13-15-7-9-16(10-8-15)22(27)28;1-7-5-3-2-4-6-7/h7-12,29H,4-6,13H2,1-3H3,(H,27,28);2-6H,1H3. The van der Waals surface area contributed by atoms with Crippen molar-refractivity contribution in [3.63, 3.8) is 0 Å². The van der Waals surface area contributed by atoms with Crippen molar-refractivity contribution in [1.29, 1.82) is 0 Å². The molecule has 36 heavy (non-hydrogen) atoms. The molecule has 1 heterocycles. The average Bonchev–Trinajstić information content (AvgIpc) is 3.22. The van der Waals surface area contributed by atoms with Gasteiger partial charge in [-0.2, -0.15) is 0 Å². The van der Waals surface area contributed by atoms with Crippen LogP contribution in [0.4, 0.5) is 0 Å². The van der Waals surface area contributed by atoms with E-state index in [1.807, 2.05) is 56.3 Å². The van der Waals surface area contributed by atoms with Gasteiger partial charge in [0, 0.05) is 25.1 Å². The number of imidazole rings is 1. The number of rotatable bonds is 7. The molecular weight excluding hydrogens is 470 g/mol.